The van der Waals surface area contributed by atoms with E-state index in [-0.39, 0.29) is 23.5 Å². The van der Waals surface area contributed by atoms with Crippen LogP contribution in [0.4, 0.5) is 0 Å². The van der Waals surface area contributed by atoms with Crippen LogP contribution in [0.2, 0.25) is 0 Å². The smallest absolute Gasteiger partial charge is 0.239 e. The quantitative estimate of drug-likeness (QED) is 0.784. The summed E-state index contributed by atoms with van der Waals surface area (Å²) >= 11 is 0. The standard InChI is InChI=1S/C12H24N2O2/c1-9(2)10(13)11(15)14-7-5-6-12(3,8-14)16-4/h9-10H,5-8,13H2,1-4H3/t10-,12?/m0/s1. The first-order chi connectivity index (χ1) is 7.39. The first-order valence-corrected chi connectivity index (χ1v) is 5.99. The fourth-order valence-corrected chi connectivity index (χ4v) is 2.06. The van der Waals surface area contributed by atoms with Crippen molar-refractivity contribution in [3.8, 4) is 0 Å². The summed E-state index contributed by atoms with van der Waals surface area (Å²) in [6, 6.07) is -0.390. The minimum absolute atomic E-state index is 0.0537. The maximum absolute atomic E-state index is 12.1. The number of carbonyl (C=O) groups excluding carboxylic acids is 1. The van der Waals surface area contributed by atoms with E-state index in [1.165, 1.54) is 0 Å². The summed E-state index contributed by atoms with van der Waals surface area (Å²) in [5, 5.41) is 0. The van der Waals surface area contributed by atoms with Gasteiger partial charge in [-0.05, 0) is 25.7 Å². The molecule has 2 atom stereocenters. The normalized spacial score (nSPS) is 28.2. The van der Waals surface area contributed by atoms with Crippen molar-refractivity contribution < 1.29 is 9.53 Å². The summed E-state index contributed by atoms with van der Waals surface area (Å²) < 4.78 is 5.46. The molecule has 0 aromatic heterocycles. The molecule has 0 aromatic carbocycles. The topological polar surface area (TPSA) is 55.6 Å². The molecule has 4 heteroatoms. The highest BCUT2D eigenvalue weighted by atomic mass is 16.5. The second-order valence-corrected chi connectivity index (χ2v) is 5.29. The Balaban J connectivity index is 2.64. The third-order valence-electron chi connectivity index (χ3n) is 3.47. The van der Waals surface area contributed by atoms with Gasteiger partial charge in [-0.3, -0.25) is 4.79 Å². The molecule has 0 aromatic rings. The van der Waals surface area contributed by atoms with Crippen LogP contribution in [-0.2, 0) is 9.53 Å². The first-order valence-electron chi connectivity index (χ1n) is 5.99. The Kier molecular flexibility index (Phi) is 4.33. The predicted octanol–water partition coefficient (Wildman–Crippen LogP) is 0.997. The summed E-state index contributed by atoms with van der Waals surface area (Å²) in [6.45, 7) is 7.46. The van der Waals surface area contributed by atoms with E-state index < -0.39 is 0 Å². The van der Waals surface area contributed by atoms with Crippen molar-refractivity contribution in [2.75, 3.05) is 20.2 Å². The van der Waals surface area contributed by atoms with Crippen LogP contribution in [0.3, 0.4) is 0 Å². The number of nitrogens with zero attached hydrogens (tertiary/aromatic N) is 1. The number of hydrogen-bond acceptors (Lipinski definition) is 3. The lowest BCUT2D eigenvalue weighted by molar-refractivity contribution is -0.141. The van der Waals surface area contributed by atoms with Gasteiger partial charge >= 0.3 is 0 Å². The zero-order chi connectivity index (χ0) is 12.3. The lowest BCUT2D eigenvalue weighted by Gasteiger charge is -2.40. The van der Waals surface area contributed by atoms with Gasteiger partial charge in [0.1, 0.15) is 0 Å². The van der Waals surface area contributed by atoms with E-state index in [0.29, 0.717) is 6.54 Å². The highest BCUT2D eigenvalue weighted by Crippen LogP contribution is 2.24. The van der Waals surface area contributed by atoms with E-state index in [1.54, 1.807) is 7.11 Å². The van der Waals surface area contributed by atoms with Gasteiger partial charge in [0.15, 0.2) is 0 Å². The molecule has 1 unspecified atom stereocenters. The summed E-state index contributed by atoms with van der Waals surface area (Å²) in [5.74, 6) is 0.237. The highest BCUT2D eigenvalue weighted by Gasteiger charge is 2.35. The Morgan fingerprint density at radius 3 is 2.62 bits per heavy atom. The molecule has 1 heterocycles. The average molecular weight is 228 g/mol. The zero-order valence-corrected chi connectivity index (χ0v) is 10.8. The maximum atomic E-state index is 12.1. The molecule has 94 valence electrons. The molecule has 1 amide bonds. The van der Waals surface area contributed by atoms with Gasteiger partial charge in [0, 0.05) is 20.2 Å². The van der Waals surface area contributed by atoms with Crippen LogP contribution in [0.1, 0.15) is 33.6 Å². The van der Waals surface area contributed by atoms with Gasteiger partial charge < -0.3 is 15.4 Å². The van der Waals surface area contributed by atoms with Crippen molar-refractivity contribution in [1.29, 1.82) is 0 Å². The minimum atomic E-state index is -0.390. The second-order valence-electron chi connectivity index (χ2n) is 5.29. The fourth-order valence-electron chi connectivity index (χ4n) is 2.06. The lowest BCUT2D eigenvalue weighted by atomic mass is 9.93. The Morgan fingerprint density at radius 2 is 2.12 bits per heavy atom. The van der Waals surface area contributed by atoms with Crippen LogP contribution in [0.5, 0.6) is 0 Å². The molecule has 0 aliphatic carbocycles. The molecule has 1 fully saturated rings. The van der Waals surface area contributed by atoms with Crippen LogP contribution < -0.4 is 5.73 Å². The van der Waals surface area contributed by atoms with Crippen LogP contribution in [0.25, 0.3) is 0 Å². The Morgan fingerprint density at radius 1 is 1.50 bits per heavy atom. The third kappa shape index (κ3) is 2.95. The van der Waals surface area contributed by atoms with E-state index in [4.69, 9.17) is 10.5 Å². The molecular weight excluding hydrogens is 204 g/mol. The molecule has 1 aliphatic heterocycles. The molecule has 4 nitrogen and oxygen atoms in total. The number of likely N-dealkylation sites (tertiary alicyclic amines) is 1. The average Bonchev–Trinajstić information content (AvgIpc) is 2.27. The van der Waals surface area contributed by atoms with Gasteiger partial charge in [-0.15, -0.1) is 0 Å². The maximum Gasteiger partial charge on any atom is 0.239 e. The number of methoxy groups -OCH3 is 1. The molecule has 2 N–H and O–H groups in total. The molecule has 1 rings (SSSR count). The van der Waals surface area contributed by atoms with Crippen molar-refractivity contribution in [2.45, 2.75) is 45.3 Å². The van der Waals surface area contributed by atoms with E-state index in [0.717, 1.165) is 19.4 Å². The van der Waals surface area contributed by atoms with Gasteiger partial charge in [0.25, 0.3) is 0 Å². The number of amides is 1. The molecular formula is C12H24N2O2. The van der Waals surface area contributed by atoms with E-state index in [9.17, 15) is 4.79 Å². The van der Waals surface area contributed by atoms with Crippen molar-refractivity contribution in [3.05, 3.63) is 0 Å². The van der Waals surface area contributed by atoms with Gasteiger partial charge in [0.2, 0.25) is 5.91 Å². The monoisotopic (exact) mass is 228 g/mol. The molecule has 0 bridgehead atoms. The first kappa shape index (κ1) is 13.5. The van der Waals surface area contributed by atoms with E-state index in [1.807, 2.05) is 25.7 Å². The Bertz CT molecular complexity index is 255. The predicted molar refractivity (Wildman–Crippen MR) is 64.0 cm³/mol. The van der Waals surface area contributed by atoms with Crippen molar-refractivity contribution >= 4 is 5.91 Å². The second kappa shape index (κ2) is 5.15. The van der Waals surface area contributed by atoms with Gasteiger partial charge in [-0.2, -0.15) is 0 Å². The minimum Gasteiger partial charge on any atom is -0.377 e. The Hall–Kier alpha value is -0.610. The number of ether oxygens (including phenoxy) is 1. The van der Waals surface area contributed by atoms with Crippen LogP contribution >= 0.6 is 0 Å². The van der Waals surface area contributed by atoms with Crippen LogP contribution in [-0.4, -0.2) is 42.6 Å². The van der Waals surface area contributed by atoms with Crippen molar-refractivity contribution in [2.24, 2.45) is 11.7 Å². The molecule has 0 saturated carbocycles. The van der Waals surface area contributed by atoms with E-state index >= 15 is 0 Å². The Labute approximate surface area is 98.1 Å². The van der Waals surface area contributed by atoms with Gasteiger partial charge in [-0.1, -0.05) is 13.8 Å². The lowest BCUT2D eigenvalue weighted by Crippen LogP contribution is -2.54. The van der Waals surface area contributed by atoms with E-state index in [2.05, 4.69) is 0 Å². The molecule has 0 spiro atoms. The molecule has 0 radical (unpaired) electrons. The summed E-state index contributed by atoms with van der Waals surface area (Å²) in [5.41, 5.74) is 5.69. The zero-order valence-electron chi connectivity index (χ0n) is 10.8. The molecule has 1 saturated heterocycles. The fraction of sp³-hybridized carbons (Fsp3) is 0.917. The van der Waals surface area contributed by atoms with Gasteiger partial charge in [-0.25, -0.2) is 0 Å². The number of carbonyl (C=O) groups is 1. The number of rotatable bonds is 3. The third-order valence-corrected chi connectivity index (χ3v) is 3.47. The number of hydrogen-bond donors (Lipinski definition) is 1. The number of nitrogens with two attached hydrogens (primary N) is 1. The summed E-state index contributed by atoms with van der Waals surface area (Å²) in [7, 11) is 1.70. The van der Waals surface area contributed by atoms with Crippen molar-refractivity contribution in [3.63, 3.8) is 0 Å². The van der Waals surface area contributed by atoms with Gasteiger partial charge in [0.05, 0.1) is 11.6 Å². The summed E-state index contributed by atoms with van der Waals surface area (Å²) in [6.07, 6.45) is 1.99. The van der Waals surface area contributed by atoms with Crippen molar-refractivity contribution in [1.82, 2.24) is 4.90 Å². The number of piperidine rings is 1. The molecule has 1 aliphatic rings. The summed E-state index contributed by atoms with van der Waals surface area (Å²) in [4.78, 5) is 13.9. The largest absolute Gasteiger partial charge is 0.377 e. The molecule has 16 heavy (non-hydrogen) atoms. The van der Waals surface area contributed by atoms with Crippen LogP contribution in [0, 0.1) is 5.92 Å². The highest BCUT2D eigenvalue weighted by molar-refractivity contribution is 5.82. The SMILES string of the molecule is COC1(C)CCCN(C(=O)[C@@H](N)C(C)C)C1. The van der Waals surface area contributed by atoms with Crippen LogP contribution in [0.15, 0.2) is 0 Å².